The third kappa shape index (κ3) is 3.97. The van der Waals surface area contributed by atoms with Crippen LogP contribution in [-0.2, 0) is 0 Å². The van der Waals surface area contributed by atoms with E-state index < -0.39 is 0 Å². The molecule has 0 aliphatic carbocycles. The molecule has 1 aliphatic heterocycles. The molecule has 2 aromatic heterocycles. The molecule has 23 heavy (non-hydrogen) atoms. The van der Waals surface area contributed by atoms with Crippen LogP contribution in [0.4, 0.5) is 4.39 Å². The second kappa shape index (κ2) is 7.51. The Balaban J connectivity index is 1.66. The van der Waals surface area contributed by atoms with E-state index in [1.807, 2.05) is 11.3 Å². The van der Waals surface area contributed by atoms with Crippen LogP contribution < -0.4 is 5.32 Å². The van der Waals surface area contributed by atoms with Gasteiger partial charge in [-0.2, -0.15) is 0 Å². The minimum absolute atomic E-state index is 0.106. The summed E-state index contributed by atoms with van der Waals surface area (Å²) in [5.74, 6) is 0.307. The second-order valence-electron chi connectivity index (χ2n) is 6.41. The standard InChI is InChI=1S/C18H24FN3S/c1-13(15-9-16(19)12-20-10-15)21-11-14-5-3-7-22(2)18(14)17-6-4-8-23-17/h4,6,8-10,12-14,18,21H,3,5,7,11H2,1-2H3/t13-,14+,18+/m0/s1. The summed E-state index contributed by atoms with van der Waals surface area (Å²) in [5, 5.41) is 5.74. The van der Waals surface area contributed by atoms with Gasteiger partial charge in [-0.1, -0.05) is 6.07 Å². The molecular weight excluding hydrogens is 309 g/mol. The van der Waals surface area contributed by atoms with Crippen LogP contribution in [0.5, 0.6) is 0 Å². The van der Waals surface area contributed by atoms with Crippen molar-refractivity contribution >= 4 is 11.3 Å². The third-order valence-electron chi connectivity index (χ3n) is 4.75. The highest BCUT2D eigenvalue weighted by Gasteiger charge is 2.31. The number of halogens is 1. The van der Waals surface area contributed by atoms with Crippen molar-refractivity contribution in [1.29, 1.82) is 0 Å². The molecule has 0 unspecified atom stereocenters. The normalized spacial score (nSPS) is 23.8. The van der Waals surface area contributed by atoms with Crippen LogP contribution >= 0.6 is 11.3 Å². The van der Waals surface area contributed by atoms with Gasteiger partial charge in [0.05, 0.1) is 6.20 Å². The van der Waals surface area contributed by atoms with Crippen LogP contribution in [0.15, 0.2) is 36.0 Å². The van der Waals surface area contributed by atoms with Gasteiger partial charge >= 0.3 is 0 Å². The molecule has 3 heterocycles. The second-order valence-corrected chi connectivity index (χ2v) is 7.39. The van der Waals surface area contributed by atoms with Crippen molar-refractivity contribution in [2.45, 2.75) is 31.8 Å². The molecule has 5 heteroatoms. The van der Waals surface area contributed by atoms with Crippen LogP contribution in [0.3, 0.4) is 0 Å². The minimum atomic E-state index is -0.273. The van der Waals surface area contributed by atoms with E-state index in [2.05, 4.69) is 46.7 Å². The highest BCUT2D eigenvalue weighted by Crippen LogP contribution is 2.37. The Kier molecular flexibility index (Phi) is 5.41. The number of piperidine rings is 1. The van der Waals surface area contributed by atoms with Crippen molar-refractivity contribution in [3.8, 4) is 0 Å². The van der Waals surface area contributed by atoms with Crippen molar-refractivity contribution < 1.29 is 4.39 Å². The molecule has 0 amide bonds. The zero-order valence-corrected chi connectivity index (χ0v) is 14.5. The average Bonchev–Trinajstić information content (AvgIpc) is 3.06. The van der Waals surface area contributed by atoms with Crippen molar-refractivity contribution in [1.82, 2.24) is 15.2 Å². The van der Waals surface area contributed by atoms with Crippen LogP contribution in [-0.4, -0.2) is 30.0 Å². The summed E-state index contributed by atoms with van der Waals surface area (Å²) in [4.78, 5) is 7.86. The predicted octanol–water partition coefficient (Wildman–Crippen LogP) is 4.02. The Hall–Kier alpha value is -1.30. The number of nitrogens with one attached hydrogen (secondary N) is 1. The van der Waals surface area contributed by atoms with Gasteiger partial charge in [-0.3, -0.25) is 9.88 Å². The maximum Gasteiger partial charge on any atom is 0.141 e. The highest BCUT2D eigenvalue weighted by atomic mass is 32.1. The number of pyridine rings is 1. The summed E-state index contributed by atoms with van der Waals surface area (Å²) in [6.45, 7) is 4.16. The fourth-order valence-corrected chi connectivity index (χ4v) is 4.48. The lowest BCUT2D eigenvalue weighted by atomic mass is 9.88. The van der Waals surface area contributed by atoms with E-state index in [-0.39, 0.29) is 11.9 Å². The topological polar surface area (TPSA) is 28.2 Å². The van der Waals surface area contributed by atoms with Crippen molar-refractivity contribution in [2.75, 3.05) is 20.1 Å². The summed E-state index contributed by atoms with van der Waals surface area (Å²) in [6.07, 6.45) is 5.46. The first-order valence-electron chi connectivity index (χ1n) is 8.22. The number of hydrogen-bond acceptors (Lipinski definition) is 4. The summed E-state index contributed by atoms with van der Waals surface area (Å²) in [5.41, 5.74) is 0.904. The lowest BCUT2D eigenvalue weighted by Gasteiger charge is -2.39. The highest BCUT2D eigenvalue weighted by molar-refractivity contribution is 7.10. The van der Waals surface area contributed by atoms with Gasteiger partial charge in [0.1, 0.15) is 5.82 Å². The molecular formula is C18H24FN3S. The maximum atomic E-state index is 13.3. The predicted molar refractivity (Wildman–Crippen MR) is 93.0 cm³/mol. The first-order valence-corrected chi connectivity index (χ1v) is 9.10. The van der Waals surface area contributed by atoms with E-state index in [9.17, 15) is 4.39 Å². The number of likely N-dealkylation sites (tertiary alicyclic amines) is 1. The average molecular weight is 333 g/mol. The van der Waals surface area contributed by atoms with Gasteiger partial charge in [-0.15, -0.1) is 11.3 Å². The lowest BCUT2D eigenvalue weighted by molar-refractivity contribution is 0.120. The van der Waals surface area contributed by atoms with E-state index in [0.717, 1.165) is 18.7 Å². The quantitative estimate of drug-likeness (QED) is 0.896. The van der Waals surface area contributed by atoms with E-state index in [4.69, 9.17) is 0 Å². The molecule has 1 aliphatic rings. The number of hydrogen-bond donors (Lipinski definition) is 1. The Morgan fingerprint density at radius 2 is 2.35 bits per heavy atom. The SMILES string of the molecule is C[C@H](NC[C@H]1CCCN(C)[C@H]1c1cccs1)c1cncc(F)c1. The number of thiophene rings is 1. The summed E-state index contributed by atoms with van der Waals surface area (Å²) < 4.78 is 13.3. The fraction of sp³-hybridized carbons (Fsp3) is 0.500. The Morgan fingerprint density at radius 1 is 1.48 bits per heavy atom. The Labute approximate surface area is 141 Å². The van der Waals surface area contributed by atoms with E-state index in [1.54, 1.807) is 12.3 Å². The molecule has 0 saturated carbocycles. The van der Waals surface area contributed by atoms with Gasteiger partial charge in [0.2, 0.25) is 0 Å². The molecule has 1 fully saturated rings. The Bertz CT molecular complexity index is 616. The molecule has 0 radical (unpaired) electrons. The molecule has 3 nitrogen and oxygen atoms in total. The van der Waals surface area contributed by atoms with Gasteiger partial charge in [0, 0.05) is 29.7 Å². The van der Waals surface area contributed by atoms with Gasteiger partial charge in [-0.05, 0) is 62.4 Å². The fourth-order valence-electron chi connectivity index (χ4n) is 3.49. The molecule has 0 spiro atoms. The molecule has 124 valence electrons. The van der Waals surface area contributed by atoms with Gasteiger partial charge in [0.15, 0.2) is 0 Å². The smallest absolute Gasteiger partial charge is 0.141 e. The summed E-state index contributed by atoms with van der Waals surface area (Å²) in [7, 11) is 2.22. The number of nitrogens with zero attached hydrogens (tertiary/aromatic N) is 2. The zero-order valence-electron chi connectivity index (χ0n) is 13.7. The summed E-state index contributed by atoms with van der Waals surface area (Å²) >= 11 is 1.84. The van der Waals surface area contributed by atoms with Crippen molar-refractivity contribution in [3.63, 3.8) is 0 Å². The van der Waals surface area contributed by atoms with Crippen LogP contribution in [0.25, 0.3) is 0 Å². The largest absolute Gasteiger partial charge is 0.310 e. The minimum Gasteiger partial charge on any atom is -0.310 e. The van der Waals surface area contributed by atoms with E-state index in [1.165, 1.54) is 23.9 Å². The maximum absolute atomic E-state index is 13.3. The number of rotatable bonds is 5. The molecule has 1 N–H and O–H groups in total. The third-order valence-corrected chi connectivity index (χ3v) is 5.70. The van der Waals surface area contributed by atoms with Crippen LogP contribution in [0.2, 0.25) is 0 Å². The molecule has 2 aromatic rings. The van der Waals surface area contributed by atoms with E-state index in [0.29, 0.717) is 12.0 Å². The lowest BCUT2D eigenvalue weighted by Crippen LogP contribution is -2.40. The zero-order chi connectivity index (χ0) is 16.2. The van der Waals surface area contributed by atoms with Crippen molar-refractivity contribution in [2.24, 2.45) is 5.92 Å². The summed E-state index contributed by atoms with van der Waals surface area (Å²) in [6, 6.07) is 6.52. The van der Waals surface area contributed by atoms with Crippen LogP contribution in [0, 0.1) is 11.7 Å². The van der Waals surface area contributed by atoms with Crippen LogP contribution in [0.1, 0.15) is 42.3 Å². The first kappa shape index (κ1) is 16.6. The van der Waals surface area contributed by atoms with Gasteiger partial charge in [0.25, 0.3) is 0 Å². The molecule has 3 rings (SSSR count). The van der Waals surface area contributed by atoms with Gasteiger partial charge < -0.3 is 5.32 Å². The van der Waals surface area contributed by atoms with Crippen molar-refractivity contribution in [3.05, 3.63) is 52.2 Å². The molecule has 1 saturated heterocycles. The number of aromatic nitrogens is 1. The Morgan fingerprint density at radius 3 is 3.09 bits per heavy atom. The van der Waals surface area contributed by atoms with Gasteiger partial charge in [-0.25, -0.2) is 4.39 Å². The van der Waals surface area contributed by atoms with E-state index >= 15 is 0 Å². The monoisotopic (exact) mass is 333 g/mol. The molecule has 0 bridgehead atoms. The molecule has 0 aromatic carbocycles. The molecule has 3 atom stereocenters. The first-order chi connectivity index (χ1) is 11.1.